The number of esters is 1. The van der Waals surface area contributed by atoms with Gasteiger partial charge in [-0.2, -0.15) is 8.78 Å². The molecule has 0 unspecified atom stereocenters. The van der Waals surface area contributed by atoms with Crippen molar-refractivity contribution in [3.05, 3.63) is 46.7 Å². The molecule has 0 atom stereocenters. The summed E-state index contributed by atoms with van der Waals surface area (Å²) in [6.45, 7) is 5.20. The van der Waals surface area contributed by atoms with Crippen LogP contribution in [-0.4, -0.2) is 35.2 Å². The van der Waals surface area contributed by atoms with Crippen LogP contribution in [0.5, 0.6) is 11.5 Å². The first kappa shape index (κ1) is 22.7. The minimum absolute atomic E-state index is 0.0576. The highest BCUT2D eigenvalue weighted by molar-refractivity contribution is 7.15. The highest BCUT2D eigenvalue weighted by Crippen LogP contribution is 2.35. The summed E-state index contributed by atoms with van der Waals surface area (Å²) in [7, 11) is 0. The van der Waals surface area contributed by atoms with Gasteiger partial charge >= 0.3 is 12.6 Å². The molecular formula is C22H24F2N2O4S. The van der Waals surface area contributed by atoms with Crippen molar-refractivity contribution in [2.45, 2.75) is 34.3 Å². The lowest BCUT2D eigenvalue weighted by atomic mass is 9.98. The summed E-state index contributed by atoms with van der Waals surface area (Å²) in [6.07, 6.45) is 5.04. The first-order valence-electron chi connectivity index (χ1n) is 9.71. The molecule has 2 aromatic heterocycles. The van der Waals surface area contributed by atoms with Crippen molar-refractivity contribution >= 4 is 34.4 Å². The van der Waals surface area contributed by atoms with Gasteiger partial charge in [0.15, 0.2) is 22.2 Å². The number of aromatic nitrogens is 2. The minimum atomic E-state index is -2.98. The normalized spacial score (nSPS) is 12.1. The van der Waals surface area contributed by atoms with Gasteiger partial charge in [-0.05, 0) is 30.6 Å². The summed E-state index contributed by atoms with van der Waals surface area (Å²) >= 11 is 1.38. The smallest absolute Gasteiger partial charge is 0.387 e. The number of halogens is 2. The van der Waals surface area contributed by atoms with Gasteiger partial charge in [0.2, 0.25) is 0 Å². The lowest BCUT2D eigenvalue weighted by molar-refractivity contribution is -0.0517. The Labute approximate surface area is 183 Å². The summed E-state index contributed by atoms with van der Waals surface area (Å²) in [5.74, 6) is -0.349. The molecule has 1 aromatic carbocycles. The summed E-state index contributed by atoms with van der Waals surface area (Å²) in [5.41, 5.74) is 1.04. The second-order valence-electron chi connectivity index (χ2n) is 7.86. The standard InChI is InChI=1S/C22H24F2N2O4S/c1-5-28-19(27)17-15(25-21-26(17)11-12-31-21)10-9-14-7-6-8-16(30-20(23)24)18(14)29-13-22(2,3)4/h6-12,20H,5,13H2,1-4H3/b10-9+. The molecule has 0 spiro atoms. The van der Waals surface area contributed by atoms with Crippen molar-refractivity contribution in [2.24, 2.45) is 5.41 Å². The Hall–Kier alpha value is -2.94. The predicted molar refractivity (Wildman–Crippen MR) is 116 cm³/mol. The van der Waals surface area contributed by atoms with Crippen LogP contribution >= 0.6 is 11.3 Å². The predicted octanol–water partition coefficient (Wildman–Crippen LogP) is 5.77. The van der Waals surface area contributed by atoms with E-state index in [1.807, 2.05) is 26.2 Å². The molecule has 31 heavy (non-hydrogen) atoms. The maximum absolute atomic E-state index is 12.9. The maximum atomic E-state index is 12.9. The summed E-state index contributed by atoms with van der Waals surface area (Å²) in [5, 5.41) is 1.82. The second kappa shape index (κ2) is 9.47. The Morgan fingerprint density at radius 2 is 2.06 bits per heavy atom. The van der Waals surface area contributed by atoms with Crippen LogP contribution in [0.25, 0.3) is 17.1 Å². The van der Waals surface area contributed by atoms with E-state index in [0.717, 1.165) is 0 Å². The third kappa shape index (κ3) is 5.61. The van der Waals surface area contributed by atoms with Crippen LogP contribution in [0.15, 0.2) is 29.8 Å². The molecule has 0 aliphatic carbocycles. The Bertz CT molecular complexity index is 1080. The van der Waals surface area contributed by atoms with E-state index < -0.39 is 12.6 Å². The molecule has 0 N–H and O–H groups in total. The zero-order valence-corrected chi connectivity index (χ0v) is 18.5. The molecule has 0 radical (unpaired) electrons. The molecular weight excluding hydrogens is 426 g/mol. The van der Waals surface area contributed by atoms with Crippen molar-refractivity contribution < 1.29 is 27.8 Å². The van der Waals surface area contributed by atoms with Crippen molar-refractivity contribution in [3.63, 3.8) is 0 Å². The van der Waals surface area contributed by atoms with Gasteiger partial charge in [-0.25, -0.2) is 9.78 Å². The average Bonchev–Trinajstić information content (AvgIpc) is 3.25. The highest BCUT2D eigenvalue weighted by Gasteiger charge is 2.21. The van der Waals surface area contributed by atoms with E-state index in [4.69, 9.17) is 9.47 Å². The molecule has 9 heteroatoms. The van der Waals surface area contributed by atoms with Crippen molar-refractivity contribution in [1.29, 1.82) is 0 Å². The quantitative estimate of drug-likeness (QED) is 0.408. The summed E-state index contributed by atoms with van der Waals surface area (Å²) in [4.78, 5) is 17.6. The van der Waals surface area contributed by atoms with Crippen LogP contribution in [0.1, 0.15) is 49.4 Å². The van der Waals surface area contributed by atoms with Crippen molar-refractivity contribution in [2.75, 3.05) is 13.2 Å². The molecule has 0 fully saturated rings. The number of carbonyl (C=O) groups is 1. The van der Waals surface area contributed by atoms with Gasteiger partial charge in [0.25, 0.3) is 0 Å². The molecule has 166 valence electrons. The number of hydrogen-bond acceptors (Lipinski definition) is 6. The number of ether oxygens (including phenoxy) is 3. The number of nitrogens with zero attached hydrogens (tertiary/aromatic N) is 2. The third-order valence-electron chi connectivity index (χ3n) is 4.05. The fourth-order valence-corrected chi connectivity index (χ4v) is 3.51. The molecule has 0 aliphatic heterocycles. The Morgan fingerprint density at radius 3 is 2.74 bits per heavy atom. The number of thiazole rings is 1. The fraction of sp³-hybridized carbons (Fsp3) is 0.364. The summed E-state index contributed by atoms with van der Waals surface area (Å²) < 4.78 is 43.1. The monoisotopic (exact) mass is 450 g/mol. The fourth-order valence-electron chi connectivity index (χ4n) is 2.79. The Morgan fingerprint density at radius 1 is 1.29 bits per heavy atom. The van der Waals surface area contributed by atoms with E-state index in [2.05, 4.69) is 9.72 Å². The van der Waals surface area contributed by atoms with Crippen LogP contribution in [0, 0.1) is 5.41 Å². The maximum Gasteiger partial charge on any atom is 0.387 e. The van der Waals surface area contributed by atoms with Crippen LogP contribution in [0.3, 0.4) is 0 Å². The number of fused-ring (bicyclic) bond motifs is 1. The number of alkyl halides is 2. The van der Waals surface area contributed by atoms with E-state index in [-0.39, 0.29) is 23.5 Å². The number of para-hydroxylation sites is 1. The first-order valence-corrected chi connectivity index (χ1v) is 10.6. The SMILES string of the molecule is CCOC(=O)c1c(/C=C/c2cccc(OC(F)F)c2OCC(C)(C)C)nc2sccn12. The zero-order chi connectivity index (χ0) is 22.6. The van der Waals surface area contributed by atoms with Gasteiger partial charge in [0.05, 0.1) is 18.9 Å². The molecule has 6 nitrogen and oxygen atoms in total. The van der Waals surface area contributed by atoms with Gasteiger partial charge in [-0.3, -0.25) is 4.40 Å². The topological polar surface area (TPSA) is 62.1 Å². The molecule has 0 saturated heterocycles. The second-order valence-corrected chi connectivity index (χ2v) is 8.73. The molecule has 0 saturated carbocycles. The first-order chi connectivity index (χ1) is 14.7. The van der Waals surface area contributed by atoms with E-state index in [1.54, 1.807) is 41.8 Å². The van der Waals surface area contributed by atoms with Gasteiger partial charge < -0.3 is 14.2 Å². The lowest BCUT2D eigenvalue weighted by Crippen LogP contribution is -2.18. The average molecular weight is 451 g/mol. The van der Waals surface area contributed by atoms with E-state index in [9.17, 15) is 13.6 Å². The lowest BCUT2D eigenvalue weighted by Gasteiger charge is -2.21. The van der Waals surface area contributed by atoms with Crippen LogP contribution < -0.4 is 9.47 Å². The van der Waals surface area contributed by atoms with E-state index in [0.29, 0.717) is 28.5 Å². The van der Waals surface area contributed by atoms with Crippen LogP contribution in [0.2, 0.25) is 0 Å². The minimum Gasteiger partial charge on any atom is -0.489 e. The van der Waals surface area contributed by atoms with Gasteiger partial charge in [-0.1, -0.05) is 32.9 Å². The highest BCUT2D eigenvalue weighted by atomic mass is 32.1. The zero-order valence-electron chi connectivity index (χ0n) is 17.7. The molecule has 3 aromatic rings. The molecule has 0 aliphatic rings. The molecule has 0 bridgehead atoms. The van der Waals surface area contributed by atoms with Crippen LogP contribution in [-0.2, 0) is 4.74 Å². The van der Waals surface area contributed by atoms with Gasteiger partial charge in [-0.15, -0.1) is 11.3 Å². The van der Waals surface area contributed by atoms with E-state index in [1.165, 1.54) is 17.4 Å². The molecule has 2 heterocycles. The Kier molecular flexibility index (Phi) is 6.94. The van der Waals surface area contributed by atoms with E-state index >= 15 is 0 Å². The number of imidazole rings is 1. The number of carbonyl (C=O) groups excluding carboxylic acids is 1. The van der Waals surface area contributed by atoms with Crippen molar-refractivity contribution in [1.82, 2.24) is 9.38 Å². The number of rotatable bonds is 8. The number of hydrogen-bond donors (Lipinski definition) is 0. The van der Waals surface area contributed by atoms with Crippen LogP contribution in [0.4, 0.5) is 8.78 Å². The third-order valence-corrected chi connectivity index (χ3v) is 4.81. The van der Waals surface area contributed by atoms with Crippen molar-refractivity contribution in [3.8, 4) is 11.5 Å². The number of benzene rings is 1. The molecule has 3 rings (SSSR count). The van der Waals surface area contributed by atoms with Gasteiger partial charge in [0, 0.05) is 17.1 Å². The Balaban J connectivity index is 2.01. The largest absolute Gasteiger partial charge is 0.489 e. The van der Waals surface area contributed by atoms with Gasteiger partial charge in [0.1, 0.15) is 0 Å². The molecule has 0 amide bonds. The summed E-state index contributed by atoms with van der Waals surface area (Å²) in [6, 6.07) is 4.74.